The van der Waals surface area contributed by atoms with E-state index in [-0.39, 0.29) is 17.8 Å². The predicted molar refractivity (Wildman–Crippen MR) is 120 cm³/mol. The van der Waals surface area contributed by atoms with E-state index in [1.54, 1.807) is 42.5 Å². The van der Waals surface area contributed by atoms with Crippen LogP contribution in [0.4, 0.5) is 5.69 Å². The Morgan fingerprint density at radius 3 is 2.32 bits per heavy atom. The molecular weight excluding hydrogens is 414 g/mol. The summed E-state index contributed by atoms with van der Waals surface area (Å²) in [5.74, 6) is 0.443. The molecule has 0 aliphatic rings. The number of amides is 1. The maximum Gasteiger partial charge on any atom is 0.276 e. The number of halogens is 1. The molecule has 0 spiro atoms. The maximum absolute atomic E-state index is 12.8. The van der Waals surface area contributed by atoms with Gasteiger partial charge in [-0.3, -0.25) is 9.59 Å². The average molecular weight is 432 g/mol. The second-order valence-electron chi connectivity index (χ2n) is 6.68. The van der Waals surface area contributed by atoms with Gasteiger partial charge in [-0.05, 0) is 35.9 Å². The topological polar surface area (TPSA) is 73.2 Å². The van der Waals surface area contributed by atoms with E-state index in [1.165, 1.54) is 16.8 Å². The van der Waals surface area contributed by atoms with Crippen molar-refractivity contribution in [3.05, 3.63) is 118 Å². The van der Waals surface area contributed by atoms with Crippen LogP contribution in [-0.4, -0.2) is 15.7 Å². The number of nitrogens with one attached hydrogen (secondary N) is 1. The largest absolute Gasteiger partial charge is 0.454 e. The van der Waals surface area contributed by atoms with E-state index in [2.05, 4.69) is 10.4 Å². The van der Waals surface area contributed by atoms with Gasteiger partial charge < -0.3 is 10.1 Å². The second-order valence-corrected chi connectivity index (χ2v) is 7.09. The minimum absolute atomic E-state index is 0.114. The van der Waals surface area contributed by atoms with Crippen LogP contribution >= 0.6 is 11.6 Å². The molecule has 0 aliphatic heterocycles. The lowest BCUT2D eigenvalue weighted by Gasteiger charge is -2.13. The summed E-state index contributed by atoms with van der Waals surface area (Å²) < 4.78 is 7.14. The fraction of sp³-hybridized carbons (Fsp3) is 0.0417. The van der Waals surface area contributed by atoms with Gasteiger partial charge in [0.25, 0.3) is 11.5 Å². The lowest BCUT2D eigenvalue weighted by Crippen LogP contribution is -2.26. The van der Waals surface area contributed by atoms with Crippen molar-refractivity contribution in [1.82, 2.24) is 9.78 Å². The van der Waals surface area contributed by atoms with Crippen molar-refractivity contribution in [3.63, 3.8) is 0 Å². The van der Waals surface area contributed by atoms with E-state index in [0.717, 1.165) is 5.56 Å². The fourth-order valence-corrected chi connectivity index (χ4v) is 3.11. The maximum atomic E-state index is 12.8. The zero-order chi connectivity index (χ0) is 21.6. The standard InChI is InChI=1S/C24H18ClN3O3/c25-18-10-4-6-12-21(18)31-22-13-7-5-11-19(22)26-24(30)20-14-15-23(29)28(27-20)16-17-8-2-1-3-9-17/h1-15H,16H2,(H,26,30). The van der Waals surface area contributed by atoms with Gasteiger partial charge >= 0.3 is 0 Å². The molecular formula is C24H18ClN3O3. The van der Waals surface area contributed by atoms with E-state index >= 15 is 0 Å². The summed E-state index contributed by atoms with van der Waals surface area (Å²) in [4.78, 5) is 25.0. The first-order chi connectivity index (χ1) is 15.1. The van der Waals surface area contributed by atoms with Gasteiger partial charge in [0.05, 0.1) is 17.3 Å². The van der Waals surface area contributed by atoms with Crippen LogP contribution in [0.15, 0.2) is 95.8 Å². The van der Waals surface area contributed by atoms with Gasteiger partial charge in [0.15, 0.2) is 5.75 Å². The molecule has 154 valence electrons. The number of para-hydroxylation sites is 3. The number of aromatic nitrogens is 2. The molecule has 4 aromatic rings. The molecule has 1 heterocycles. The third-order valence-corrected chi connectivity index (χ3v) is 4.78. The Kier molecular flexibility index (Phi) is 6.10. The van der Waals surface area contributed by atoms with Gasteiger partial charge in [-0.15, -0.1) is 0 Å². The summed E-state index contributed by atoms with van der Waals surface area (Å²) in [6.07, 6.45) is 0. The van der Waals surface area contributed by atoms with Crippen LogP contribution in [0.2, 0.25) is 5.02 Å². The highest BCUT2D eigenvalue weighted by molar-refractivity contribution is 6.32. The summed E-state index contributed by atoms with van der Waals surface area (Å²) in [6.45, 7) is 0.271. The number of nitrogens with zero attached hydrogens (tertiary/aromatic N) is 2. The average Bonchev–Trinajstić information content (AvgIpc) is 2.79. The second kappa shape index (κ2) is 9.28. The van der Waals surface area contributed by atoms with E-state index < -0.39 is 5.91 Å². The number of rotatable bonds is 6. The van der Waals surface area contributed by atoms with Crippen molar-refractivity contribution in [3.8, 4) is 11.5 Å². The molecule has 0 bridgehead atoms. The fourth-order valence-electron chi connectivity index (χ4n) is 2.93. The summed E-state index contributed by atoms with van der Waals surface area (Å²) in [5, 5.41) is 7.47. The normalized spacial score (nSPS) is 10.5. The number of benzene rings is 3. The van der Waals surface area contributed by atoms with Gasteiger partial charge in [-0.25, -0.2) is 4.68 Å². The molecule has 0 fully saturated rings. The van der Waals surface area contributed by atoms with Crippen molar-refractivity contribution in [2.45, 2.75) is 6.54 Å². The molecule has 0 saturated carbocycles. The number of anilines is 1. The Bertz CT molecular complexity index is 1270. The van der Waals surface area contributed by atoms with E-state index in [0.29, 0.717) is 22.2 Å². The molecule has 1 aromatic heterocycles. The van der Waals surface area contributed by atoms with Crippen LogP contribution < -0.4 is 15.6 Å². The van der Waals surface area contributed by atoms with Gasteiger partial charge in [-0.1, -0.05) is 66.2 Å². The van der Waals surface area contributed by atoms with Crippen LogP contribution in [0.3, 0.4) is 0 Å². The van der Waals surface area contributed by atoms with Crippen molar-refractivity contribution in [2.24, 2.45) is 0 Å². The van der Waals surface area contributed by atoms with Gasteiger partial charge in [0.1, 0.15) is 11.4 Å². The third-order valence-electron chi connectivity index (χ3n) is 4.47. The molecule has 0 unspecified atom stereocenters. The zero-order valence-electron chi connectivity index (χ0n) is 16.4. The lowest BCUT2D eigenvalue weighted by atomic mass is 10.2. The minimum atomic E-state index is -0.461. The number of ether oxygens (including phenoxy) is 1. The Hall–Kier alpha value is -3.90. The molecule has 0 aliphatic carbocycles. The first kappa shape index (κ1) is 20.4. The number of carbonyl (C=O) groups is 1. The number of hydrogen-bond acceptors (Lipinski definition) is 4. The molecule has 4 rings (SSSR count). The molecule has 1 N–H and O–H groups in total. The Morgan fingerprint density at radius 2 is 1.55 bits per heavy atom. The van der Waals surface area contributed by atoms with Crippen LogP contribution in [0.5, 0.6) is 11.5 Å². The molecule has 7 heteroatoms. The van der Waals surface area contributed by atoms with E-state index in [9.17, 15) is 9.59 Å². The summed E-state index contributed by atoms with van der Waals surface area (Å²) in [7, 11) is 0. The molecule has 1 amide bonds. The predicted octanol–water partition coefficient (Wildman–Crippen LogP) is 4.99. The van der Waals surface area contributed by atoms with Gasteiger partial charge in [0.2, 0.25) is 0 Å². The third kappa shape index (κ3) is 4.99. The van der Waals surface area contributed by atoms with Crippen LogP contribution in [0.1, 0.15) is 16.1 Å². The van der Waals surface area contributed by atoms with Crippen molar-refractivity contribution < 1.29 is 9.53 Å². The van der Waals surface area contributed by atoms with Gasteiger partial charge in [0, 0.05) is 6.07 Å². The molecule has 6 nitrogen and oxygen atoms in total. The number of carbonyl (C=O) groups excluding carboxylic acids is 1. The van der Waals surface area contributed by atoms with Crippen molar-refractivity contribution in [2.75, 3.05) is 5.32 Å². The summed E-state index contributed by atoms with van der Waals surface area (Å²) in [6, 6.07) is 26.2. The Morgan fingerprint density at radius 1 is 0.871 bits per heavy atom. The lowest BCUT2D eigenvalue weighted by molar-refractivity contribution is 0.101. The quantitative estimate of drug-likeness (QED) is 0.466. The van der Waals surface area contributed by atoms with Crippen LogP contribution in [0, 0.1) is 0 Å². The molecule has 3 aromatic carbocycles. The van der Waals surface area contributed by atoms with Crippen LogP contribution in [-0.2, 0) is 6.54 Å². The smallest absolute Gasteiger partial charge is 0.276 e. The minimum Gasteiger partial charge on any atom is -0.454 e. The summed E-state index contributed by atoms with van der Waals surface area (Å²) in [5.41, 5.74) is 1.19. The Balaban J connectivity index is 1.56. The highest BCUT2D eigenvalue weighted by Crippen LogP contribution is 2.33. The highest BCUT2D eigenvalue weighted by Gasteiger charge is 2.14. The Labute approximate surface area is 183 Å². The molecule has 31 heavy (non-hydrogen) atoms. The molecule has 0 atom stereocenters. The SMILES string of the molecule is O=C(Nc1ccccc1Oc1ccccc1Cl)c1ccc(=O)n(Cc2ccccc2)n1. The van der Waals surface area contributed by atoms with E-state index in [1.807, 2.05) is 36.4 Å². The van der Waals surface area contributed by atoms with E-state index in [4.69, 9.17) is 16.3 Å². The monoisotopic (exact) mass is 431 g/mol. The molecule has 0 saturated heterocycles. The first-order valence-corrected chi connectivity index (χ1v) is 9.93. The molecule has 0 radical (unpaired) electrons. The van der Waals surface area contributed by atoms with Crippen LogP contribution in [0.25, 0.3) is 0 Å². The number of hydrogen-bond donors (Lipinski definition) is 1. The first-order valence-electron chi connectivity index (χ1n) is 9.55. The van der Waals surface area contributed by atoms with Crippen molar-refractivity contribution in [1.29, 1.82) is 0 Å². The van der Waals surface area contributed by atoms with Crippen molar-refractivity contribution >= 4 is 23.2 Å². The highest BCUT2D eigenvalue weighted by atomic mass is 35.5. The summed E-state index contributed by atoms with van der Waals surface area (Å²) >= 11 is 6.17. The zero-order valence-corrected chi connectivity index (χ0v) is 17.1. The van der Waals surface area contributed by atoms with Gasteiger partial charge in [-0.2, -0.15) is 5.10 Å².